The van der Waals surface area contributed by atoms with Crippen LogP contribution in [0.2, 0.25) is 5.02 Å². The van der Waals surface area contributed by atoms with Gasteiger partial charge in [-0.25, -0.2) is 4.98 Å². The highest BCUT2D eigenvalue weighted by molar-refractivity contribution is 9.10. The molecule has 6 heteroatoms. The van der Waals surface area contributed by atoms with Gasteiger partial charge in [-0.15, -0.1) is 11.3 Å². The van der Waals surface area contributed by atoms with Crippen LogP contribution in [0.1, 0.15) is 24.0 Å². The summed E-state index contributed by atoms with van der Waals surface area (Å²) in [6.07, 6.45) is 1.13. The minimum absolute atomic E-state index is 0.463. The van der Waals surface area contributed by atoms with Crippen molar-refractivity contribution in [3.05, 3.63) is 43.8 Å². The van der Waals surface area contributed by atoms with E-state index in [1.54, 1.807) is 11.3 Å². The summed E-state index contributed by atoms with van der Waals surface area (Å²) in [5.41, 5.74) is 0.949. The lowest BCUT2D eigenvalue weighted by Crippen LogP contribution is -2.13. The third-order valence-electron chi connectivity index (χ3n) is 2.57. The van der Waals surface area contributed by atoms with E-state index in [1.165, 1.54) is 0 Å². The van der Waals surface area contributed by atoms with E-state index in [-0.39, 0.29) is 0 Å². The molecule has 0 saturated carbocycles. The van der Waals surface area contributed by atoms with Gasteiger partial charge < -0.3 is 10.1 Å². The van der Waals surface area contributed by atoms with Gasteiger partial charge in [0, 0.05) is 16.9 Å². The number of aromatic nitrogens is 1. The summed E-state index contributed by atoms with van der Waals surface area (Å²) in [4.78, 5) is 4.53. The maximum atomic E-state index is 5.89. The first-order valence-electron chi connectivity index (χ1n) is 6.41. The van der Waals surface area contributed by atoms with E-state index in [0.717, 1.165) is 40.4 Å². The number of benzene rings is 1. The summed E-state index contributed by atoms with van der Waals surface area (Å²) >= 11 is 11.0. The van der Waals surface area contributed by atoms with Gasteiger partial charge in [0.2, 0.25) is 0 Å². The van der Waals surface area contributed by atoms with Crippen LogP contribution in [0.3, 0.4) is 0 Å². The molecule has 1 aromatic carbocycles. The fraction of sp³-hybridized carbons (Fsp3) is 0.357. The molecule has 0 spiro atoms. The van der Waals surface area contributed by atoms with Crippen LogP contribution in [0.15, 0.2) is 28.1 Å². The van der Waals surface area contributed by atoms with Gasteiger partial charge in [0.05, 0.1) is 10.2 Å². The van der Waals surface area contributed by atoms with Crippen LogP contribution in [0.25, 0.3) is 0 Å². The SMILES string of the molecule is CCCNCc1nc(COc2ccc(Cl)cc2Br)cs1. The number of ether oxygens (including phenoxy) is 1. The van der Waals surface area contributed by atoms with Crippen molar-refractivity contribution in [1.82, 2.24) is 10.3 Å². The van der Waals surface area contributed by atoms with Crippen molar-refractivity contribution < 1.29 is 4.74 Å². The van der Waals surface area contributed by atoms with Crippen LogP contribution in [-0.2, 0) is 13.2 Å². The summed E-state index contributed by atoms with van der Waals surface area (Å²) < 4.78 is 6.59. The van der Waals surface area contributed by atoms with E-state index in [1.807, 2.05) is 23.6 Å². The summed E-state index contributed by atoms with van der Waals surface area (Å²) in [7, 11) is 0. The fourth-order valence-corrected chi connectivity index (χ4v) is 3.16. The highest BCUT2D eigenvalue weighted by Crippen LogP contribution is 2.28. The molecule has 0 fully saturated rings. The van der Waals surface area contributed by atoms with E-state index in [9.17, 15) is 0 Å². The maximum absolute atomic E-state index is 5.89. The predicted octanol–water partition coefficient (Wildman–Crippen LogP) is 4.64. The molecule has 1 N–H and O–H groups in total. The fourth-order valence-electron chi connectivity index (χ4n) is 1.61. The highest BCUT2D eigenvalue weighted by atomic mass is 79.9. The largest absolute Gasteiger partial charge is 0.486 e. The Bertz CT molecular complexity index is 562. The van der Waals surface area contributed by atoms with Crippen molar-refractivity contribution >= 4 is 38.9 Å². The second-order valence-corrected chi connectivity index (χ2v) is 6.51. The third kappa shape index (κ3) is 4.74. The molecule has 0 aliphatic carbocycles. The maximum Gasteiger partial charge on any atom is 0.134 e. The first-order valence-corrected chi connectivity index (χ1v) is 8.46. The second-order valence-electron chi connectivity index (χ2n) is 4.27. The normalized spacial score (nSPS) is 10.8. The van der Waals surface area contributed by atoms with Crippen molar-refractivity contribution in [3.8, 4) is 5.75 Å². The van der Waals surface area contributed by atoms with Crippen LogP contribution in [-0.4, -0.2) is 11.5 Å². The number of nitrogens with one attached hydrogen (secondary N) is 1. The Kier molecular flexibility index (Phi) is 6.29. The van der Waals surface area contributed by atoms with Crippen molar-refractivity contribution in [2.24, 2.45) is 0 Å². The van der Waals surface area contributed by atoms with Crippen LogP contribution in [0.4, 0.5) is 0 Å². The summed E-state index contributed by atoms with van der Waals surface area (Å²) in [6.45, 7) is 4.45. The number of rotatable bonds is 7. The quantitative estimate of drug-likeness (QED) is 0.716. The van der Waals surface area contributed by atoms with Gasteiger partial charge in [-0.3, -0.25) is 0 Å². The van der Waals surface area contributed by atoms with Gasteiger partial charge in [-0.2, -0.15) is 0 Å². The Morgan fingerprint density at radius 2 is 2.30 bits per heavy atom. The third-order valence-corrected chi connectivity index (χ3v) is 4.32. The van der Waals surface area contributed by atoms with Crippen LogP contribution >= 0.6 is 38.9 Å². The van der Waals surface area contributed by atoms with Crippen LogP contribution < -0.4 is 10.1 Å². The topological polar surface area (TPSA) is 34.2 Å². The molecule has 3 nitrogen and oxygen atoms in total. The molecular weight excluding hydrogens is 360 g/mol. The highest BCUT2D eigenvalue weighted by Gasteiger charge is 2.05. The van der Waals surface area contributed by atoms with Crippen molar-refractivity contribution in [1.29, 1.82) is 0 Å². The Balaban J connectivity index is 1.87. The second kappa shape index (κ2) is 7.98. The van der Waals surface area contributed by atoms with E-state index in [4.69, 9.17) is 16.3 Å². The lowest BCUT2D eigenvalue weighted by molar-refractivity contribution is 0.300. The van der Waals surface area contributed by atoms with Gasteiger partial charge in [0.25, 0.3) is 0 Å². The van der Waals surface area contributed by atoms with E-state index in [0.29, 0.717) is 11.6 Å². The Hall–Kier alpha value is -0.620. The zero-order chi connectivity index (χ0) is 14.4. The van der Waals surface area contributed by atoms with Gasteiger partial charge in [-0.1, -0.05) is 18.5 Å². The molecular formula is C14H16BrClN2OS. The molecule has 1 aromatic heterocycles. The minimum atomic E-state index is 0.463. The average molecular weight is 376 g/mol. The molecule has 20 heavy (non-hydrogen) atoms. The number of nitrogens with zero attached hydrogens (tertiary/aromatic N) is 1. The van der Waals surface area contributed by atoms with E-state index in [2.05, 4.69) is 33.2 Å². The van der Waals surface area contributed by atoms with Gasteiger partial charge in [0.15, 0.2) is 0 Å². The molecule has 1 heterocycles. The molecule has 0 radical (unpaired) electrons. The lowest BCUT2D eigenvalue weighted by atomic mass is 10.3. The van der Waals surface area contributed by atoms with Gasteiger partial charge in [-0.05, 0) is 47.1 Å². The molecule has 0 aliphatic rings. The summed E-state index contributed by atoms with van der Waals surface area (Å²) in [5, 5.41) is 7.15. The van der Waals surface area contributed by atoms with Crippen molar-refractivity contribution in [3.63, 3.8) is 0 Å². The van der Waals surface area contributed by atoms with Crippen LogP contribution in [0, 0.1) is 0 Å². The molecule has 0 aliphatic heterocycles. The molecule has 0 unspecified atom stereocenters. The molecule has 0 amide bonds. The first-order chi connectivity index (χ1) is 9.69. The number of hydrogen-bond donors (Lipinski definition) is 1. The number of hydrogen-bond acceptors (Lipinski definition) is 4. The molecule has 0 atom stereocenters. The minimum Gasteiger partial charge on any atom is -0.486 e. The van der Waals surface area contributed by atoms with Gasteiger partial charge in [0.1, 0.15) is 17.4 Å². The predicted molar refractivity (Wildman–Crippen MR) is 87.6 cm³/mol. The smallest absolute Gasteiger partial charge is 0.134 e. The van der Waals surface area contributed by atoms with Crippen molar-refractivity contribution in [2.45, 2.75) is 26.5 Å². The summed E-state index contributed by atoms with van der Waals surface area (Å²) in [6, 6.07) is 5.48. The lowest BCUT2D eigenvalue weighted by Gasteiger charge is -2.06. The summed E-state index contributed by atoms with van der Waals surface area (Å²) in [5.74, 6) is 0.771. The Morgan fingerprint density at radius 3 is 3.05 bits per heavy atom. The molecule has 0 bridgehead atoms. The van der Waals surface area contributed by atoms with E-state index < -0.39 is 0 Å². The Labute approximate surface area is 136 Å². The number of thiazole rings is 1. The van der Waals surface area contributed by atoms with Crippen LogP contribution in [0.5, 0.6) is 5.75 Å². The molecule has 108 valence electrons. The number of halogens is 2. The Morgan fingerprint density at radius 1 is 1.45 bits per heavy atom. The first kappa shape index (κ1) is 15.8. The van der Waals surface area contributed by atoms with Crippen molar-refractivity contribution in [2.75, 3.05) is 6.54 Å². The monoisotopic (exact) mass is 374 g/mol. The zero-order valence-electron chi connectivity index (χ0n) is 11.2. The van der Waals surface area contributed by atoms with E-state index >= 15 is 0 Å². The molecule has 2 aromatic rings. The molecule has 2 rings (SSSR count). The van der Waals surface area contributed by atoms with Gasteiger partial charge >= 0.3 is 0 Å². The zero-order valence-corrected chi connectivity index (χ0v) is 14.3. The standard InChI is InChI=1S/C14H16BrClN2OS/c1-2-5-17-7-14-18-11(9-20-14)8-19-13-4-3-10(16)6-12(13)15/h3-4,6,9,17H,2,5,7-8H2,1H3. The molecule has 0 saturated heterocycles. The average Bonchev–Trinajstić information content (AvgIpc) is 2.86.